The van der Waals surface area contributed by atoms with E-state index in [4.69, 9.17) is 21.9 Å². The van der Waals surface area contributed by atoms with Crippen LogP contribution in [-0.2, 0) is 19.2 Å². The number of aromatic hydroxyl groups is 1. The van der Waals surface area contributed by atoms with Crippen LogP contribution >= 0.6 is 0 Å². The average molecular weight is 981 g/mol. The van der Waals surface area contributed by atoms with Gasteiger partial charge in [0.15, 0.2) is 0 Å². The van der Waals surface area contributed by atoms with E-state index in [0.29, 0.717) is 81.4 Å². The molecule has 72 heavy (non-hydrogen) atoms. The molecule has 3 aromatic carbocycles. The van der Waals surface area contributed by atoms with Crippen molar-refractivity contribution in [1.82, 2.24) is 24.9 Å². The molecular formula is C54H64N10O8. The normalized spacial score (nSPS) is 26.1. The first-order valence-electron chi connectivity index (χ1n) is 25.7. The van der Waals surface area contributed by atoms with Crippen molar-refractivity contribution in [2.75, 3.05) is 62.2 Å². The Kier molecular flexibility index (Phi) is 12.3. The van der Waals surface area contributed by atoms with Crippen molar-refractivity contribution in [1.29, 1.82) is 0 Å². The molecule has 18 nitrogen and oxygen atoms in total. The number of fused-ring (bicyclic) bond motifs is 3. The number of carbonyl (C=O) groups is 6. The number of rotatable bonds is 11. The Labute approximate surface area is 418 Å². The fourth-order valence-corrected chi connectivity index (χ4v) is 12.9. The van der Waals surface area contributed by atoms with E-state index in [9.17, 15) is 33.9 Å². The number of para-hydroxylation sites is 1. The first-order valence-corrected chi connectivity index (χ1v) is 25.7. The number of phenolic OH excluding ortho intramolecular Hbond substituents is 1. The van der Waals surface area contributed by atoms with Crippen LogP contribution in [-0.4, -0.2) is 137 Å². The van der Waals surface area contributed by atoms with E-state index in [2.05, 4.69) is 38.2 Å². The molecule has 11 rings (SSSR count). The van der Waals surface area contributed by atoms with Crippen molar-refractivity contribution < 1.29 is 38.6 Å². The summed E-state index contributed by atoms with van der Waals surface area (Å²) in [4.78, 5) is 89.5. The predicted octanol–water partition coefficient (Wildman–Crippen LogP) is 3.45. The molecule has 7 fully saturated rings. The Bertz CT molecular complexity index is 2750. The Morgan fingerprint density at radius 3 is 2.12 bits per heavy atom. The van der Waals surface area contributed by atoms with Crippen LogP contribution in [0.4, 0.5) is 11.4 Å². The van der Waals surface area contributed by atoms with Gasteiger partial charge in [-0.05, 0) is 112 Å². The zero-order valence-electron chi connectivity index (χ0n) is 40.5. The molecule has 8 aliphatic rings. The average Bonchev–Trinajstić information content (AvgIpc) is 3.76. The molecule has 3 aromatic rings. The highest BCUT2D eigenvalue weighted by molar-refractivity contribution is 6.23. The number of nitrogens with two attached hydrogens (primary N) is 3. The molecule has 6 saturated heterocycles. The van der Waals surface area contributed by atoms with Crippen LogP contribution in [0, 0.1) is 17.3 Å². The standard InChI is InChI=1S/C54H64N10O8/c55-43(41-6-1-2-7-46(41)65)25-45(49(56)57)60-26-36-10-11-37(27-60)63(36)35-4-3-5-39(23-35)72-38-13-8-32(9-14-38)22-48(67)61-28-54(29-61)30-62(31-54)51(69)33-18-20-59(21-19-33)34-12-15-40-42(24-34)53(71)64(52(40)70)44-16-17-47(66)58-50(44)68/h1-7,12,15,23-25,32-33,36-38,44,65H,8-11,13-14,16-22,26-31,55-57H2,(H,58,66,68)/b43-25-. The Morgan fingerprint density at radius 1 is 0.736 bits per heavy atom. The van der Waals surface area contributed by atoms with Crippen LogP contribution in [0.5, 0.6) is 11.5 Å². The van der Waals surface area contributed by atoms with Crippen LogP contribution in [0.2, 0.25) is 0 Å². The maximum absolute atomic E-state index is 13.6. The summed E-state index contributed by atoms with van der Waals surface area (Å²) < 4.78 is 6.60. The molecule has 1 saturated carbocycles. The number of piperidine rings is 2. The fraction of sp³-hybridized carbons (Fsp3) is 0.481. The summed E-state index contributed by atoms with van der Waals surface area (Å²) in [6, 6.07) is 20.0. The van der Waals surface area contributed by atoms with Gasteiger partial charge in [-0.2, -0.15) is 0 Å². The number of piperazine rings is 1. The molecule has 0 aromatic heterocycles. The van der Waals surface area contributed by atoms with Crippen molar-refractivity contribution >= 4 is 52.5 Å². The first-order chi connectivity index (χ1) is 34.7. The van der Waals surface area contributed by atoms with E-state index in [1.54, 1.807) is 36.4 Å². The smallest absolute Gasteiger partial charge is 0.262 e. The molecule has 8 N–H and O–H groups in total. The van der Waals surface area contributed by atoms with E-state index >= 15 is 0 Å². The van der Waals surface area contributed by atoms with Crippen molar-refractivity contribution in [2.45, 2.75) is 94.9 Å². The molecular weight excluding hydrogens is 917 g/mol. The summed E-state index contributed by atoms with van der Waals surface area (Å²) in [7, 11) is 0. The molecule has 7 aliphatic heterocycles. The van der Waals surface area contributed by atoms with Gasteiger partial charge in [-0.3, -0.25) is 39.0 Å². The predicted molar refractivity (Wildman–Crippen MR) is 268 cm³/mol. The number of phenols is 1. The summed E-state index contributed by atoms with van der Waals surface area (Å²) in [5.74, 6) is -0.361. The molecule has 18 heteroatoms. The number of anilines is 2. The quantitative estimate of drug-likeness (QED) is 0.137. The second-order valence-electron chi connectivity index (χ2n) is 21.5. The van der Waals surface area contributed by atoms with Crippen LogP contribution in [0.3, 0.4) is 0 Å². The van der Waals surface area contributed by atoms with Crippen molar-refractivity contribution in [3.63, 3.8) is 0 Å². The second kappa shape index (κ2) is 18.7. The van der Waals surface area contributed by atoms with Gasteiger partial charge in [0.2, 0.25) is 23.6 Å². The third kappa shape index (κ3) is 8.82. The number of allylic oxidation sites excluding steroid dienone is 1. The number of benzene rings is 3. The fourth-order valence-electron chi connectivity index (χ4n) is 12.9. The van der Waals surface area contributed by atoms with Gasteiger partial charge in [0.25, 0.3) is 11.8 Å². The van der Waals surface area contributed by atoms with E-state index < -0.39 is 29.7 Å². The minimum atomic E-state index is -1.01. The summed E-state index contributed by atoms with van der Waals surface area (Å²) in [5, 5.41) is 12.6. The van der Waals surface area contributed by atoms with Crippen LogP contribution in [0.15, 0.2) is 84.3 Å². The topological polar surface area (TPSA) is 241 Å². The zero-order valence-corrected chi connectivity index (χ0v) is 40.5. The monoisotopic (exact) mass is 980 g/mol. The van der Waals surface area contributed by atoms with E-state index in [1.165, 1.54) is 0 Å². The number of hydrogen-bond acceptors (Lipinski definition) is 14. The largest absolute Gasteiger partial charge is 0.507 e. The van der Waals surface area contributed by atoms with Gasteiger partial charge < -0.3 is 51.5 Å². The molecule has 7 heterocycles. The zero-order chi connectivity index (χ0) is 50.0. The minimum absolute atomic E-state index is 0.00617. The maximum Gasteiger partial charge on any atom is 0.262 e. The molecule has 0 radical (unpaired) electrons. The number of imide groups is 2. The van der Waals surface area contributed by atoms with Crippen LogP contribution in [0.25, 0.3) is 5.70 Å². The number of likely N-dealkylation sites (tertiary alicyclic amines) is 3. The third-order valence-electron chi connectivity index (χ3n) is 16.7. The van der Waals surface area contributed by atoms with Gasteiger partial charge in [-0.1, -0.05) is 18.2 Å². The van der Waals surface area contributed by atoms with Gasteiger partial charge in [0, 0.05) is 117 Å². The number of amides is 6. The molecule has 6 amide bonds. The van der Waals surface area contributed by atoms with Gasteiger partial charge in [-0.25, -0.2) is 0 Å². The van der Waals surface area contributed by atoms with E-state index in [1.807, 2.05) is 28.0 Å². The molecule has 1 aliphatic carbocycles. The van der Waals surface area contributed by atoms with Gasteiger partial charge >= 0.3 is 0 Å². The summed E-state index contributed by atoms with van der Waals surface area (Å²) >= 11 is 0. The maximum atomic E-state index is 13.6. The van der Waals surface area contributed by atoms with Crippen molar-refractivity contribution in [3.8, 4) is 11.5 Å². The Hall–Kier alpha value is -7.24. The van der Waals surface area contributed by atoms with Gasteiger partial charge in [-0.15, -0.1) is 0 Å². The Morgan fingerprint density at radius 2 is 1.43 bits per heavy atom. The molecule has 3 atom stereocenters. The Balaban J connectivity index is 0.600. The minimum Gasteiger partial charge on any atom is -0.507 e. The lowest BCUT2D eigenvalue weighted by atomic mass is 9.71. The van der Waals surface area contributed by atoms with E-state index in [-0.39, 0.29) is 76.9 Å². The van der Waals surface area contributed by atoms with Crippen LogP contribution < -0.4 is 37.1 Å². The van der Waals surface area contributed by atoms with Crippen LogP contribution in [0.1, 0.15) is 96.9 Å². The number of carbonyl (C=O) groups excluding carboxylic acids is 6. The lowest BCUT2D eigenvalue weighted by Crippen LogP contribution is -2.74. The first kappa shape index (κ1) is 47.1. The van der Waals surface area contributed by atoms with Gasteiger partial charge in [0.1, 0.15) is 23.4 Å². The molecule has 1 spiro atoms. The lowest BCUT2D eigenvalue weighted by Gasteiger charge is -2.60. The third-order valence-corrected chi connectivity index (χ3v) is 16.7. The number of nitrogens with one attached hydrogen (secondary N) is 1. The summed E-state index contributed by atoms with van der Waals surface area (Å²) in [6.45, 7) is 5.48. The molecule has 3 unspecified atom stereocenters. The SMILES string of the molecule is NC(N)=C(/C=C(\N)c1ccccc1O)N1CC2CCC(C1)N2c1cccc(OC2CCC(CC(=O)N3CC4(C3)CN(C(=O)C3CCN(c5ccc6c(c5)C(=O)N(C5CCC(=O)NC5=O)C6=O)CC3)C4)CC2)c1. The number of ether oxygens (including phenoxy) is 1. The van der Waals surface area contributed by atoms with E-state index in [0.717, 1.165) is 73.6 Å². The second-order valence-corrected chi connectivity index (χ2v) is 21.5. The molecule has 2 bridgehead atoms. The number of nitrogens with zero attached hydrogens (tertiary/aromatic N) is 6. The van der Waals surface area contributed by atoms with Crippen molar-refractivity contribution in [3.05, 3.63) is 101 Å². The highest BCUT2D eigenvalue weighted by atomic mass is 16.5. The highest BCUT2D eigenvalue weighted by Gasteiger charge is 2.55. The van der Waals surface area contributed by atoms with Crippen molar-refractivity contribution in [2.24, 2.45) is 34.5 Å². The van der Waals surface area contributed by atoms with Gasteiger partial charge in [0.05, 0.1) is 22.9 Å². The highest BCUT2D eigenvalue weighted by Crippen LogP contribution is 2.43. The number of hydrogen-bond donors (Lipinski definition) is 5. The summed E-state index contributed by atoms with van der Waals surface area (Å²) in [6.07, 6.45) is 9.69. The summed E-state index contributed by atoms with van der Waals surface area (Å²) in [5.41, 5.74) is 22.9. The lowest BCUT2D eigenvalue weighted by molar-refractivity contribution is -0.171. The molecule has 378 valence electrons.